The minimum absolute atomic E-state index is 0. The Morgan fingerprint density at radius 2 is 0.763 bits per heavy atom. The largest absolute Gasteiger partial charge is 0.374 e. The Balaban J connectivity index is 0. The number of unbranched alkanes of at least 4 members (excludes halogenated alkanes) is 20. The number of ketones is 2. The zero-order valence-corrected chi connectivity index (χ0v) is 25.8. The first-order valence-electron chi connectivity index (χ1n) is 15.5. The average molecular weight is 564 g/mol. The fourth-order valence-electron chi connectivity index (χ4n) is 4.94. The van der Waals surface area contributed by atoms with E-state index in [1.54, 1.807) is 0 Å². The molecule has 0 amide bonds. The van der Waals surface area contributed by atoms with E-state index in [1.807, 2.05) is 0 Å². The van der Waals surface area contributed by atoms with Gasteiger partial charge in [-0.15, -0.1) is 0 Å². The lowest BCUT2D eigenvalue weighted by Gasteiger charge is -2.25. The van der Waals surface area contributed by atoms with Gasteiger partial charge in [-0.1, -0.05) is 142 Å². The third-order valence-corrected chi connectivity index (χ3v) is 8.24. The van der Waals surface area contributed by atoms with Crippen molar-refractivity contribution in [2.75, 3.05) is 6.16 Å². The van der Waals surface area contributed by atoms with Gasteiger partial charge in [0.15, 0.2) is 17.2 Å². The van der Waals surface area contributed by atoms with Crippen LogP contribution >= 0.6 is 7.60 Å². The molecule has 0 atom stereocenters. The molecule has 0 radical (unpaired) electrons. The minimum Gasteiger partial charge on any atom is -0.374 e. The Labute approximate surface area is 234 Å². The Bertz CT molecular complexity index is 584. The predicted octanol–water partition coefficient (Wildman–Crippen LogP) is 8.60. The van der Waals surface area contributed by atoms with E-state index in [1.165, 1.54) is 89.9 Å². The summed E-state index contributed by atoms with van der Waals surface area (Å²) >= 11 is 0. The van der Waals surface area contributed by atoms with Crippen LogP contribution in [-0.4, -0.2) is 38.2 Å². The lowest BCUT2D eigenvalue weighted by Crippen LogP contribution is -2.49. The van der Waals surface area contributed by atoms with Gasteiger partial charge >= 0.3 is 7.60 Å². The first kappa shape index (κ1) is 39.6. The molecule has 228 valence electrons. The van der Waals surface area contributed by atoms with Crippen LogP contribution in [0.1, 0.15) is 168 Å². The number of carbonyl (C=O) groups is 2. The molecule has 0 rings (SSSR count). The first-order valence-corrected chi connectivity index (χ1v) is 17.3. The molecular weight excluding hydrogens is 501 g/mol. The third-order valence-electron chi connectivity index (χ3n) is 7.37. The number of hydrogen-bond acceptors (Lipinski definition) is 5. The van der Waals surface area contributed by atoms with Crippen molar-refractivity contribution in [1.29, 1.82) is 0 Å². The summed E-state index contributed by atoms with van der Waals surface area (Å²) in [6, 6.07) is 0. The number of carbonyl (C=O) groups excluding carboxylic acids is 2. The van der Waals surface area contributed by atoms with E-state index in [4.69, 9.17) is 0 Å². The van der Waals surface area contributed by atoms with Crippen LogP contribution in [0, 0.1) is 0 Å². The molecule has 0 spiro atoms. The van der Waals surface area contributed by atoms with Crippen molar-refractivity contribution in [3.05, 3.63) is 0 Å². The fourth-order valence-corrected chi connectivity index (χ4v) is 5.89. The summed E-state index contributed by atoms with van der Waals surface area (Å²) in [5.74, 6) is -1.47. The molecule has 8 heteroatoms. The second-order valence-corrected chi connectivity index (χ2v) is 12.7. The van der Waals surface area contributed by atoms with E-state index in [2.05, 4.69) is 13.8 Å². The zero-order chi connectivity index (χ0) is 27.8. The van der Waals surface area contributed by atoms with E-state index in [0.29, 0.717) is 12.8 Å². The van der Waals surface area contributed by atoms with Gasteiger partial charge in [0.25, 0.3) is 0 Å². The number of rotatable bonds is 28. The van der Waals surface area contributed by atoms with Crippen LogP contribution in [0.4, 0.5) is 0 Å². The van der Waals surface area contributed by atoms with E-state index in [0.717, 1.165) is 38.5 Å². The topological polar surface area (TPSA) is 147 Å². The highest BCUT2D eigenvalue weighted by molar-refractivity contribution is 7.52. The third kappa shape index (κ3) is 22.2. The quantitative estimate of drug-likeness (QED) is 0.0423. The van der Waals surface area contributed by atoms with Crippen molar-refractivity contribution in [3.63, 3.8) is 0 Å². The van der Waals surface area contributed by atoms with Crippen LogP contribution < -0.4 is 6.15 Å². The lowest BCUT2D eigenvalue weighted by atomic mass is 9.88. The van der Waals surface area contributed by atoms with E-state index >= 15 is 0 Å². The first-order chi connectivity index (χ1) is 17.7. The van der Waals surface area contributed by atoms with Crippen LogP contribution in [-0.2, 0) is 14.2 Å². The maximum atomic E-state index is 12.7. The predicted molar refractivity (Wildman–Crippen MR) is 159 cm³/mol. The number of aliphatic hydroxyl groups is 1. The zero-order valence-electron chi connectivity index (χ0n) is 24.9. The van der Waals surface area contributed by atoms with Crippen LogP contribution in [0.2, 0.25) is 0 Å². The van der Waals surface area contributed by atoms with Gasteiger partial charge in [0.2, 0.25) is 0 Å². The second-order valence-electron chi connectivity index (χ2n) is 11.1. The van der Waals surface area contributed by atoms with Crippen LogP contribution in [0.25, 0.3) is 0 Å². The van der Waals surface area contributed by atoms with Gasteiger partial charge < -0.3 is 21.0 Å². The van der Waals surface area contributed by atoms with Crippen LogP contribution in [0.3, 0.4) is 0 Å². The maximum Gasteiger partial charge on any atom is 0.329 e. The van der Waals surface area contributed by atoms with Crippen molar-refractivity contribution < 1.29 is 29.0 Å². The van der Waals surface area contributed by atoms with Gasteiger partial charge in [-0.05, 0) is 12.8 Å². The molecule has 7 nitrogen and oxygen atoms in total. The smallest absolute Gasteiger partial charge is 0.329 e. The molecule has 0 fully saturated rings. The monoisotopic (exact) mass is 563 g/mol. The Morgan fingerprint density at radius 3 is 1.00 bits per heavy atom. The summed E-state index contributed by atoms with van der Waals surface area (Å²) in [7, 11) is -4.72. The molecule has 6 N–H and O–H groups in total. The highest BCUT2D eigenvalue weighted by Gasteiger charge is 2.46. The molecule has 0 aromatic heterocycles. The minimum atomic E-state index is -4.72. The standard InChI is InChI=1S/C30H59O6P.H3N/c1-3-5-7-9-11-13-15-17-19-21-23-25-28(31)30(33,27-37(34,35)36)29(32)26-24-22-20-18-16-14-12-10-8-6-4-2;/h33H,3-27H2,1-2H3,(H2,34,35,36);1H3. The molecular formula is C30H62NO6P. The van der Waals surface area contributed by atoms with Crippen molar-refractivity contribution in [3.8, 4) is 0 Å². The summed E-state index contributed by atoms with van der Waals surface area (Å²) in [6.07, 6.45) is 23.5. The molecule has 0 aliphatic rings. The van der Waals surface area contributed by atoms with Crippen molar-refractivity contribution in [2.24, 2.45) is 0 Å². The molecule has 0 unspecified atom stereocenters. The number of Topliss-reactive ketones (excluding diaryl/α,β-unsaturated/α-hetero) is 2. The molecule has 0 saturated carbocycles. The second kappa shape index (κ2) is 25.4. The summed E-state index contributed by atoms with van der Waals surface area (Å²) in [6.45, 7) is 4.43. The van der Waals surface area contributed by atoms with E-state index < -0.39 is 30.9 Å². The summed E-state index contributed by atoms with van der Waals surface area (Å²) in [5, 5.41) is 10.8. The van der Waals surface area contributed by atoms with Gasteiger partial charge in [-0.25, -0.2) is 0 Å². The molecule has 0 aliphatic heterocycles. The Kier molecular flexibility index (Phi) is 26.4. The molecule has 38 heavy (non-hydrogen) atoms. The summed E-state index contributed by atoms with van der Waals surface area (Å²) in [4.78, 5) is 44.3. The summed E-state index contributed by atoms with van der Waals surface area (Å²) in [5.41, 5.74) is -2.56. The van der Waals surface area contributed by atoms with Crippen LogP contribution in [0.15, 0.2) is 0 Å². The van der Waals surface area contributed by atoms with Crippen molar-refractivity contribution in [1.82, 2.24) is 6.15 Å². The number of hydrogen-bond donors (Lipinski definition) is 4. The van der Waals surface area contributed by atoms with Crippen molar-refractivity contribution >= 4 is 19.2 Å². The molecule has 0 aromatic rings. The van der Waals surface area contributed by atoms with Gasteiger partial charge in [-0.3, -0.25) is 14.2 Å². The highest BCUT2D eigenvalue weighted by atomic mass is 31.2. The van der Waals surface area contributed by atoms with Crippen molar-refractivity contribution in [2.45, 2.75) is 174 Å². The highest BCUT2D eigenvalue weighted by Crippen LogP contribution is 2.40. The SMILES string of the molecule is CCCCCCCCCCCCCC(=O)C(O)(CP(=O)(O)O)C(=O)CCCCCCCCCCCCC.N. The fraction of sp³-hybridized carbons (Fsp3) is 0.933. The Hall–Kier alpha value is -0.590. The molecule has 0 heterocycles. The van der Waals surface area contributed by atoms with Gasteiger partial charge in [0, 0.05) is 12.8 Å². The van der Waals surface area contributed by atoms with Crippen LogP contribution in [0.5, 0.6) is 0 Å². The Morgan fingerprint density at radius 1 is 0.526 bits per heavy atom. The average Bonchev–Trinajstić information content (AvgIpc) is 2.84. The molecule has 0 aliphatic carbocycles. The van der Waals surface area contributed by atoms with Gasteiger partial charge in [0.1, 0.15) is 0 Å². The van der Waals surface area contributed by atoms with E-state index in [-0.39, 0.29) is 19.0 Å². The molecule has 0 aromatic carbocycles. The van der Waals surface area contributed by atoms with Gasteiger partial charge in [-0.2, -0.15) is 0 Å². The van der Waals surface area contributed by atoms with Gasteiger partial charge in [0.05, 0.1) is 6.16 Å². The normalized spacial score (nSPS) is 11.9. The lowest BCUT2D eigenvalue weighted by molar-refractivity contribution is -0.149. The maximum absolute atomic E-state index is 12.7. The molecule has 0 bridgehead atoms. The van der Waals surface area contributed by atoms with E-state index in [9.17, 15) is 29.0 Å². The molecule has 0 saturated heterocycles. The summed E-state index contributed by atoms with van der Waals surface area (Å²) < 4.78 is 11.6.